The fraction of sp³-hybridized carbons (Fsp3) is 0.267. The third-order valence-corrected chi connectivity index (χ3v) is 4.26. The molecule has 0 spiro atoms. The summed E-state index contributed by atoms with van der Waals surface area (Å²) in [4.78, 5) is 20.2. The van der Waals surface area contributed by atoms with E-state index >= 15 is 0 Å². The summed E-state index contributed by atoms with van der Waals surface area (Å²) in [7, 11) is 0. The highest BCUT2D eigenvalue weighted by Crippen LogP contribution is 2.33. The lowest BCUT2D eigenvalue weighted by Gasteiger charge is -2.13. The highest BCUT2D eigenvalue weighted by Gasteiger charge is 2.22. The zero-order chi connectivity index (χ0) is 14.7. The summed E-state index contributed by atoms with van der Waals surface area (Å²) in [6.07, 6.45) is 0. The fourth-order valence-electron chi connectivity index (χ4n) is 1.79. The van der Waals surface area contributed by atoms with Crippen LogP contribution in [0.2, 0.25) is 0 Å². The molecule has 1 heterocycles. The molecule has 0 saturated carbocycles. The van der Waals surface area contributed by atoms with Crippen LogP contribution in [0, 0.1) is 20.8 Å². The Kier molecular flexibility index (Phi) is 4.39. The van der Waals surface area contributed by atoms with E-state index in [0.717, 1.165) is 22.5 Å². The van der Waals surface area contributed by atoms with E-state index in [4.69, 9.17) is 0 Å². The summed E-state index contributed by atoms with van der Waals surface area (Å²) in [6, 6.07) is 9.14. The lowest BCUT2D eigenvalue weighted by molar-refractivity contribution is -0.136. The first-order valence-corrected chi connectivity index (χ1v) is 7.13. The number of carboxylic acids is 1. The Labute approximate surface area is 122 Å². The molecular weight excluding hydrogens is 272 g/mol. The molecule has 20 heavy (non-hydrogen) atoms. The number of benzene rings is 1. The summed E-state index contributed by atoms with van der Waals surface area (Å²) in [6.45, 7) is 5.78. The average Bonchev–Trinajstić information content (AvgIpc) is 2.42. The van der Waals surface area contributed by atoms with Gasteiger partial charge in [0.2, 0.25) is 0 Å². The van der Waals surface area contributed by atoms with E-state index in [2.05, 4.69) is 9.97 Å². The van der Waals surface area contributed by atoms with E-state index < -0.39 is 11.2 Å². The summed E-state index contributed by atoms with van der Waals surface area (Å²) in [5.41, 5.74) is 3.56. The molecule has 1 unspecified atom stereocenters. The van der Waals surface area contributed by atoms with Gasteiger partial charge in [-0.2, -0.15) is 0 Å². The van der Waals surface area contributed by atoms with Gasteiger partial charge in [-0.3, -0.25) is 4.79 Å². The largest absolute Gasteiger partial charge is 0.480 e. The lowest BCUT2D eigenvalue weighted by atomic mass is 10.1. The molecule has 5 heteroatoms. The fourth-order valence-corrected chi connectivity index (χ4v) is 2.77. The normalized spacial score (nSPS) is 12.2. The van der Waals surface area contributed by atoms with Crippen molar-refractivity contribution in [2.45, 2.75) is 31.2 Å². The van der Waals surface area contributed by atoms with Gasteiger partial charge in [0.25, 0.3) is 0 Å². The number of carbonyl (C=O) groups is 1. The van der Waals surface area contributed by atoms with Gasteiger partial charge in [-0.05, 0) is 31.9 Å². The number of aryl methyl sites for hydroxylation is 2. The van der Waals surface area contributed by atoms with Crippen LogP contribution in [0.5, 0.6) is 0 Å². The third-order valence-electron chi connectivity index (χ3n) is 3.16. The first kappa shape index (κ1) is 14.5. The molecule has 4 nitrogen and oxygen atoms in total. The summed E-state index contributed by atoms with van der Waals surface area (Å²) < 4.78 is 0. The molecule has 0 bridgehead atoms. The maximum Gasteiger partial charge on any atom is 0.321 e. The molecule has 0 aliphatic carbocycles. The van der Waals surface area contributed by atoms with Crippen LogP contribution in [0.3, 0.4) is 0 Å². The molecule has 104 valence electrons. The van der Waals surface area contributed by atoms with Crippen molar-refractivity contribution in [2.24, 2.45) is 0 Å². The van der Waals surface area contributed by atoms with E-state index in [1.165, 1.54) is 11.8 Å². The van der Waals surface area contributed by atoms with Gasteiger partial charge < -0.3 is 5.11 Å². The van der Waals surface area contributed by atoms with Gasteiger partial charge >= 0.3 is 5.97 Å². The molecule has 0 aliphatic rings. The minimum absolute atomic E-state index is 0.502. The van der Waals surface area contributed by atoms with E-state index in [1.54, 1.807) is 12.1 Å². The van der Waals surface area contributed by atoms with Crippen LogP contribution in [0.1, 0.15) is 27.8 Å². The molecule has 0 aliphatic heterocycles. The number of rotatable bonds is 4. The van der Waals surface area contributed by atoms with E-state index in [1.807, 2.05) is 39.0 Å². The Morgan fingerprint density at radius 3 is 2.15 bits per heavy atom. The molecular formula is C15H16N2O2S. The highest BCUT2D eigenvalue weighted by atomic mass is 32.2. The average molecular weight is 288 g/mol. The molecule has 1 N–H and O–H groups in total. The Morgan fingerprint density at radius 2 is 1.65 bits per heavy atom. The van der Waals surface area contributed by atoms with Crippen LogP contribution in [-0.4, -0.2) is 21.0 Å². The second-order valence-corrected chi connectivity index (χ2v) is 5.62. The Balaban J connectivity index is 2.32. The molecule has 1 aromatic carbocycles. The van der Waals surface area contributed by atoms with Crippen molar-refractivity contribution in [2.75, 3.05) is 0 Å². The van der Waals surface area contributed by atoms with Gasteiger partial charge in [-0.15, -0.1) is 0 Å². The summed E-state index contributed by atoms with van der Waals surface area (Å²) >= 11 is 1.17. The maximum absolute atomic E-state index is 11.5. The highest BCUT2D eigenvalue weighted by molar-refractivity contribution is 8.00. The minimum atomic E-state index is -0.888. The smallest absolute Gasteiger partial charge is 0.321 e. The second kappa shape index (κ2) is 6.05. The maximum atomic E-state index is 11.5. The Morgan fingerprint density at radius 1 is 1.10 bits per heavy atom. The monoisotopic (exact) mass is 288 g/mol. The van der Waals surface area contributed by atoms with Crippen LogP contribution in [0.25, 0.3) is 0 Å². The molecule has 2 rings (SSSR count). The standard InChI is InChI=1S/C15H16N2O2S/c1-9-10(2)16-15(17-11(9)3)20-13(14(18)19)12-7-5-4-6-8-12/h4-8,13H,1-3H3,(H,18,19). The summed E-state index contributed by atoms with van der Waals surface area (Å²) in [5, 5.41) is 9.21. The van der Waals surface area contributed by atoms with Crippen LogP contribution < -0.4 is 0 Å². The molecule has 0 fully saturated rings. The number of nitrogens with zero attached hydrogens (tertiary/aromatic N) is 2. The van der Waals surface area contributed by atoms with Gasteiger partial charge in [-0.25, -0.2) is 9.97 Å². The van der Waals surface area contributed by atoms with Crippen molar-refractivity contribution in [1.29, 1.82) is 0 Å². The molecule has 2 aromatic rings. The molecule has 1 aromatic heterocycles. The SMILES string of the molecule is Cc1nc(SC(C(=O)O)c2ccccc2)nc(C)c1C. The predicted molar refractivity (Wildman–Crippen MR) is 78.9 cm³/mol. The Hall–Kier alpha value is -1.88. The topological polar surface area (TPSA) is 63.1 Å². The third kappa shape index (κ3) is 3.17. The summed E-state index contributed by atoms with van der Waals surface area (Å²) in [5.74, 6) is -0.888. The van der Waals surface area contributed by atoms with Crippen LogP contribution in [0.15, 0.2) is 35.5 Å². The van der Waals surface area contributed by atoms with Crippen molar-refractivity contribution in [3.8, 4) is 0 Å². The van der Waals surface area contributed by atoms with Crippen molar-refractivity contribution in [3.05, 3.63) is 52.8 Å². The predicted octanol–water partition coefficient (Wildman–Crippen LogP) is 3.32. The van der Waals surface area contributed by atoms with Gasteiger partial charge in [-0.1, -0.05) is 42.1 Å². The van der Waals surface area contributed by atoms with Crippen molar-refractivity contribution >= 4 is 17.7 Å². The van der Waals surface area contributed by atoms with Crippen molar-refractivity contribution in [3.63, 3.8) is 0 Å². The number of thioether (sulfide) groups is 1. The molecule has 0 radical (unpaired) electrons. The number of carboxylic acid groups (broad SMARTS) is 1. The van der Waals surface area contributed by atoms with Gasteiger partial charge in [0, 0.05) is 11.4 Å². The van der Waals surface area contributed by atoms with Gasteiger partial charge in [0.1, 0.15) is 5.25 Å². The van der Waals surface area contributed by atoms with Crippen molar-refractivity contribution in [1.82, 2.24) is 9.97 Å². The number of aromatic nitrogens is 2. The van der Waals surface area contributed by atoms with E-state index in [9.17, 15) is 9.90 Å². The van der Waals surface area contributed by atoms with E-state index in [0.29, 0.717) is 5.16 Å². The zero-order valence-corrected chi connectivity index (χ0v) is 12.4. The quantitative estimate of drug-likeness (QED) is 0.690. The number of hydrogen-bond donors (Lipinski definition) is 1. The second-order valence-electron chi connectivity index (χ2n) is 4.55. The molecule has 1 atom stereocenters. The molecule has 0 amide bonds. The number of aliphatic carboxylic acids is 1. The first-order chi connectivity index (χ1) is 9.49. The molecule has 0 saturated heterocycles. The lowest BCUT2D eigenvalue weighted by Crippen LogP contribution is -2.09. The zero-order valence-electron chi connectivity index (χ0n) is 11.6. The van der Waals surface area contributed by atoms with Crippen LogP contribution in [0.4, 0.5) is 0 Å². The van der Waals surface area contributed by atoms with Gasteiger partial charge in [0.05, 0.1) is 0 Å². The van der Waals surface area contributed by atoms with Crippen molar-refractivity contribution < 1.29 is 9.90 Å². The van der Waals surface area contributed by atoms with E-state index in [-0.39, 0.29) is 0 Å². The van der Waals surface area contributed by atoms with Crippen LogP contribution in [-0.2, 0) is 4.79 Å². The minimum Gasteiger partial charge on any atom is -0.480 e. The van der Waals surface area contributed by atoms with Crippen LogP contribution >= 0.6 is 11.8 Å². The Bertz CT molecular complexity index is 606. The number of hydrogen-bond acceptors (Lipinski definition) is 4. The van der Waals surface area contributed by atoms with Gasteiger partial charge in [0.15, 0.2) is 5.16 Å². The first-order valence-electron chi connectivity index (χ1n) is 6.25.